The normalized spacial score (nSPS) is 19.0. The lowest BCUT2D eigenvalue weighted by Gasteiger charge is -2.23. The van der Waals surface area contributed by atoms with E-state index in [1.54, 1.807) is 0 Å². The topological polar surface area (TPSA) is 64.8 Å². The Bertz CT molecular complexity index is 755. The van der Waals surface area contributed by atoms with E-state index in [1.807, 2.05) is 36.1 Å². The second-order valence-electron chi connectivity index (χ2n) is 6.30. The highest BCUT2D eigenvalue weighted by Crippen LogP contribution is 2.34. The molecule has 1 aromatic heterocycles. The number of amides is 1. The number of aryl methyl sites for hydroxylation is 2. The Balaban J connectivity index is 1.40. The Labute approximate surface area is 140 Å². The monoisotopic (exact) mass is 328 g/mol. The van der Waals surface area contributed by atoms with Crippen molar-refractivity contribution >= 4 is 5.91 Å². The quantitative estimate of drug-likeness (QED) is 0.863. The molecule has 0 N–H and O–H groups in total. The van der Waals surface area contributed by atoms with Gasteiger partial charge in [0.15, 0.2) is 11.5 Å². The van der Waals surface area contributed by atoms with E-state index >= 15 is 0 Å². The third-order valence-electron chi connectivity index (χ3n) is 4.63. The summed E-state index contributed by atoms with van der Waals surface area (Å²) in [6.45, 7) is 2.93. The van der Waals surface area contributed by atoms with Crippen LogP contribution in [0.15, 0.2) is 28.8 Å². The lowest BCUT2D eigenvalue weighted by molar-refractivity contribution is -0.132. The van der Waals surface area contributed by atoms with Crippen molar-refractivity contribution in [2.24, 2.45) is 0 Å². The molecule has 1 amide bonds. The first kappa shape index (κ1) is 15.1. The average Bonchev–Trinajstić information content (AvgIpc) is 3.31. The number of carbonyl (C=O) groups excluding carboxylic acids is 1. The molecule has 1 aromatic carbocycles. The minimum Gasteiger partial charge on any atom is -0.454 e. The van der Waals surface area contributed by atoms with Crippen LogP contribution in [0.5, 0.6) is 11.5 Å². The minimum atomic E-state index is 0.0479. The van der Waals surface area contributed by atoms with Gasteiger partial charge in [-0.2, -0.15) is 0 Å². The Kier molecular flexibility index (Phi) is 3.88. The summed E-state index contributed by atoms with van der Waals surface area (Å²) in [5.74, 6) is 2.48. The SMILES string of the molecule is Cc1cc(C2CCCN2C(=O)CCc2ccc3c(c2)OCO3)no1. The number of hydrogen-bond acceptors (Lipinski definition) is 5. The molecule has 1 unspecified atom stereocenters. The molecule has 1 fully saturated rings. The molecule has 24 heavy (non-hydrogen) atoms. The van der Waals surface area contributed by atoms with Gasteiger partial charge in [-0.15, -0.1) is 0 Å². The van der Waals surface area contributed by atoms with Crippen molar-refractivity contribution in [3.63, 3.8) is 0 Å². The Morgan fingerprint density at radius 1 is 1.29 bits per heavy atom. The Hall–Kier alpha value is -2.50. The summed E-state index contributed by atoms with van der Waals surface area (Å²) in [5.41, 5.74) is 1.95. The van der Waals surface area contributed by atoms with Crippen LogP contribution in [0, 0.1) is 6.92 Å². The zero-order valence-corrected chi connectivity index (χ0v) is 13.7. The van der Waals surface area contributed by atoms with Crippen LogP contribution in [0.2, 0.25) is 0 Å². The zero-order chi connectivity index (χ0) is 16.5. The molecule has 2 aliphatic rings. The van der Waals surface area contributed by atoms with E-state index in [-0.39, 0.29) is 18.7 Å². The van der Waals surface area contributed by atoms with Crippen LogP contribution >= 0.6 is 0 Å². The highest BCUT2D eigenvalue weighted by molar-refractivity contribution is 5.77. The van der Waals surface area contributed by atoms with E-state index in [2.05, 4.69) is 5.16 Å². The lowest BCUT2D eigenvalue weighted by atomic mass is 10.1. The number of likely N-dealkylation sites (tertiary alicyclic amines) is 1. The van der Waals surface area contributed by atoms with Crippen molar-refractivity contribution in [2.45, 2.75) is 38.6 Å². The smallest absolute Gasteiger partial charge is 0.231 e. The lowest BCUT2D eigenvalue weighted by Crippen LogP contribution is -2.30. The highest BCUT2D eigenvalue weighted by atomic mass is 16.7. The summed E-state index contributed by atoms with van der Waals surface area (Å²) in [6.07, 6.45) is 3.12. The summed E-state index contributed by atoms with van der Waals surface area (Å²) in [7, 11) is 0. The van der Waals surface area contributed by atoms with Crippen LogP contribution in [0.25, 0.3) is 0 Å². The van der Waals surface area contributed by atoms with Crippen molar-refractivity contribution < 1.29 is 18.8 Å². The first-order valence-corrected chi connectivity index (χ1v) is 8.32. The summed E-state index contributed by atoms with van der Waals surface area (Å²) >= 11 is 0. The van der Waals surface area contributed by atoms with Gasteiger partial charge in [-0.1, -0.05) is 11.2 Å². The third-order valence-corrected chi connectivity index (χ3v) is 4.63. The molecule has 2 aliphatic heterocycles. The number of rotatable bonds is 4. The standard InChI is InChI=1S/C18H20N2O4/c1-12-9-14(19-24-12)15-3-2-8-20(15)18(21)7-5-13-4-6-16-17(10-13)23-11-22-16/h4,6,9-10,15H,2-3,5,7-8,11H2,1H3. The molecule has 2 aromatic rings. The van der Waals surface area contributed by atoms with Crippen LogP contribution in [-0.4, -0.2) is 29.3 Å². The van der Waals surface area contributed by atoms with Gasteiger partial charge in [0.1, 0.15) is 11.5 Å². The second-order valence-corrected chi connectivity index (χ2v) is 6.30. The van der Waals surface area contributed by atoms with Crippen molar-refractivity contribution in [2.75, 3.05) is 13.3 Å². The minimum absolute atomic E-state index is 0.0479. The fraction of sp³-hybridized carbons (Fsp3) is 0.444. The molecule has 1 atom stereocenters. The maximum absolute atomic E-state index is 12.7. The first-order chi connectivity index (χ1) is 11.7. The predicted octanol–water partition coefficient (Wildman–Crippen LogP) is 3.01. The largest absolute Gasteiger partial charge is 0.454 e. The molecule has 6 heteroatoms. The van der Waals surface area contributed by atoms with Crippen LogP contribution in [-0.2, 0) is 11.2 Å². The molecule has 0 radical (unpaired) electrons. The van der Waals surface area contributed by atoms with Gasteiger partial charge in [0.05, 0.1) is 6.04 Å². The first-order valence-electron chi connectivity index (χ1n) is 8.32. The average molecular weight is 328 g/mol. The fourth-order valence-corrected chi connectivity index (χ4v) is 3.41. The molecule has 0 bridgehead atoms. The highest BCUT2D eigenvalue weighted by Gasteiger charge is 2.31. The third kappa shape index (κ3) is 2.84. The number of nitrogens with zero attached hydrogens (tertiary/aromatic N) is 2. The second kappa shape index (κ2) is 6.19. The van der Waals surface area contributed by atoms with E-state index in [1.165, 1.54) is 0 Å². The molecule has 0 aliphatic carbocycles. The summed E-state index contributed by atoms with van der Waals surface area (Å²) < 4.78 is 15.9. The summed E-state index contributed by atoms with van der Waals surface area (Å²) in [6, 6.07) is 7.82. The zero-order valence-electron chi connectivity index (χ0n) is 13.7. The maximum Gasteiger partial charge on any atom is 0.231 e. The molecule has 0 saturated carbocycles. The maximum atomic E-state index is 12.7. The molecule has 0 spiro atoms. The molecule has 126 valence electrons. The molecule has 4 rings (SSSR count). The van der Waals surface area contributed by atoms with Gasteiger partial charge >= 0.3 is 0 Å². The van der Waals surface area contributed by atoms with E-state index in [9.17, 15) is 4.79 Å². The molecular formula is C18H20N2O4. The van der Waals surface area contributed by atoms with E-state index in [0.29, 0.717) is 12.8 Å². The van der Waals surface area contributed by atoms with Gasteiger partial charge in [0.2, 0.25) is 12.7 Å². The molecule has 1 saturated heterocycles. The van der Waals surface area contributed by atoms with Crippen molar-refractivity contribution in [3.8, 4) is 11.5 Å². The van der Waals surface area contributed by atoms with Crippen molar-refractivity contribution in [1.82, 2.24) is 10.1 Å². The van der Waals surface area contributed by atoms with E-state index in [4.69, 9.17) is 14.0 Å². The van der Waals surface area contributed by atoms with Crippen molar-refractivity contribution in [1.29, 1.82) is 0 Å². The number of fused-ring (bicyclic) bond motifs is 1. The predicted molar refractivity (Wildman–Crippen MR) is 85.8 cm³/mol. The number of carbonyl (C=O) groups is 1. The molecular weight excluding hydrogens is 308 g/mol. The number of hydrogen-bond donors (Lipinski definition) is 0. The molecule has 3 heterocycles. The van der Waals surface area contributed by atoms with Crippen LogP contribution < -0.4 is 9.47 Å². The van der Waals surface area contributed by atoms with Crippen LogP contribution in [0.4, 0.5) is 0 Å². The fourth-order valence-electron chi connectivity index (χ4n) is 3.41. The van der Waals surface area contributed by atoms with Gasteiger partial charge in [0.25, 0.3) is 0 Å². The number of ether oxygens (including phenoxy) is 2. The Morgan fingerprint density at radius 3 is 3.00 bits per heavy atom. The Morgan fingerprint density at radius 2 is 2.17 bits per heavy atom. The number of benzene rings is 1. The van der Waals surface area contributed by atoms with Gasteiger partial charge in [-0.25, -0.2) is 0 Å². The van der Waals surface area contributed by atoms with E-state index in [0.717, 1.165) is 47.9 Å². The van der Waals surface area contributed by atoms with Gasteiger partial charge in [-0.05, 0) is 43.9 Å². The van der Waals surface area contributed by atoms with Crippen LogP contribution in [0.1, 0.15) is 42.3 Å². The van der Waals surface area contributed by atoms with Crippen molar-refractivity contribution in [3.05, 3.63) is 41.3 Å². The van der Waals surface area contributed by atoms with Gasteiger partial charge in [-0.3, -0.25) is 4.79 Å². The molecule has 6 nitrogen and oxygen atoms in total. The van der Waals surface area contributed by atoms with Gasteiger partial charge in [0, 0.05) is 19.0 Å². The summed E-state index contributed by atoms with van der Waals surface area (Å²) in [4.78, 5) is 14.6. The van der Waals surface area contributed by atoms with Gasteiger partial charge < -0.3 is 18.9 Å². The number of aromatic nitrogens is 1. The van der Waals surface area contributed by atoms with E-state index < -0.39 is 0 Å². The van der Waals surface area contributed by atoms with Crippen LogP contribution in [0.3, 0.4) is 0 Å². The summed E-state index contributed by atoms with van der Waals surface area (Å²) in [5, 5.41) is 4.09.